The summed E-state index contributed by atoms with van der Waals surface area (Å²) in [6.07, 6.45) is 0. The summed E-state index contributed by atoms with van der Waals surface area (Å²) < 4.78 is 0. The fourth-order valence-corrected chi connectivity index (χ4v) is 10.4. The maximum Gasteiger partial charge on any atom is 0.0714 e. The van der Waals surface area contributed by atoms with E-state index in [4.69, 9.17) is 0 Å². The molecule has 0 aliphatic heterocycles. The molecule has 0 heterocycles. The summed E-state index contributed by atoms with van der Waals surface area (Å²) in [6.45, 7) is 4.77. The molecular formula is C58H43N. The average Bonchev–Trinajstić information content (AvgIpc) is 3.73. The summed E-state index contributed by atoms with van der Waals surface area (Å²) in [5.74, 6) is 0. The maximum atomic E-state index is 2.48. The van der Waals surface area contributed by atoms with Crippen LogP contribution in [-0.4, -0.2) is 0 Å². The summed E-state index contributed by atoms with van der Waals surface area (Å²) in [5.41, 5.74) is 20.6. The van der Waals surface area contributed by atoms with Gasteiger partial charge < -0.3 is 4.90 Å². The molecule has 1 nitrogen and oxygen atoms in total. The van der Waals surface area contributed by atoms with Gasteiger partial charge in [0, 0.05) is 22.5 Å². The minimum absolute atomic E-state index is 0.164. The maximum absolute atomic E-state index is 2.48. The molecule has 0 saturated heterocycles. The monoisotopic (exact) mass is 753 g/mol. The van der Waals surface area contributed by atoms with Crippen molar-refractivity contribution in [2.45, 2.75) is 24.7 Å². The molecule has 0 atom stereocenters. The van der Waals surface area contributed by atoms with Crippen LogP contribution in [0.25, 0.3) is 44.5 Å². The molecule has 280 valence electrons. The number of hydrogen-bond donors (Lipinski definition) is 0. The van der Waals surface area contributed by atoms with Gasteiger partial charge in [0.1, 0.15) is 0 Å². The number of hydrogen-bond acceptors (Lipinski definition) is 1. The summed E-state index contributed by atoms with van der Waals surface area (Å²) in [7, 11) is 0. The lowest BCUT2D eigenvalue weighted by Crippen LogP contribution is -2.28. The van der Waals surface area contributed by atoms with E-state index < -0.39 is 5.41 Å². The molecule has 2 aliphatic rings. The van der Waals surface area contributed by atoms with Gasteiger partial charge in [0.15, 0.2) is 0 Å². The van der Waals surface area contributed by atoms with Crippen LogP contribution < -0.4 is 4.90 Å². The largest absolute Gasteiger partial charge is 0.310 e. The molecule has 2 aliphatic carbocycles. The second-order valence-electron chi connectivity index (χ2n) is 16.5. The van der Waals surface area contributed by atoms with E-state index in [2.05, 4.69) is 243 Å². The number of nitrogens with zero attached hydrogens (tertiary/aromatic N) is 1. The van der Waals surface area contributed by atoms with Gasteiger partial charge in [0.25, 0.3) is 0 Å². The molecular weight excluding hydrogens is 711 g/mol. The minimum Gasteiger partial charge on any atom is -0.310 e. The summed E-state index contributed by atoms with van der Waals surface area (Å²) in [6, 6.07) is 83.0. The average molecular weight is 754 g/mol. The predicted molar refractivity (Wildman–Crippen MR) is 247 cm³/mol. The molecule has 0 aromatic heterocycles. The molecule has 0 bridgehead atoms. The zero-order valence-electron chi connectivity index (χ0n) is 33.3. The van der Waals surface area contributed by atoms with Gasteiger partial charge in [-0.3, -0.25) is 0 Å². The van der Waals surface area contributed by atoms with E-state index in [1.165, 1.54) is 77.9 Å². The molecule has 9 aromatic carbocycles. The topological polar surface area (TPSA) is 3.24 Å². The van der Waals surface area contributed by atoms with Crippen LogP contribution >= 0.6 is 0 Å². The highest BCUT2D eigenvalue weighted by atomic mass is 15.1. The van der Waals surface area contributed by atoms with Gasteiger partial charge in [0.05, 0.1) is 5.41 Å². The van der Waals surface area contributed by atoms with Gasteiger partial charge in [-0.05, 0) is 114 Å². The van der Waals surface area contributed by atoms with Gasteiger partial charge in [0.2, 0.25) is 0 Å². The third-order valence-corrected chi connectivity index (χ3v) is 12.9. The third kappa shape index (κ3) is 5.39. The fourth-order valence-electron chi connectivity index (χ4n) is 10.4. The molecule has 0 unspecified atom stereocenters. The molecule has 0 saturated carbocycles. The Morgan fingerprint density at radius 1 is 0.305 bits per heavy atom. The molecule has 11 rings (SSSR count). The molecule has 0 amide bonds. The van der Waals surface area contributed by atoms with Crippen LogP contribution in [0, 0.1) is 0 Å². The second kappa shape index (κ2) is 13.7. The Hall–Kier alpha value is -7.22. The smallest absolute Gasteiger partial charge is 0.0714 e. The number of fused-ring (bicyclic) bond motifs is 6. The van der Waals surface area contributed by atoms with E-state index in [0.29, 0.717) is 0 Å². The lowest BCUT2D eigenvalue weighted by molar-refractivity contribution is 0.662. The van der Waals surface area contributed by atoms with Gasteiger partial charge in [-0.1, -0.05) is 202 Å². The Bertz CT molecular complexity index is 2950. The molecule has 0 spiro atoms. The summed E-state index contributed by atoms with van der Waals surface area (Å²) in [4.78, 5) is 2.48. The highest BCUT2D eigenvalue weighted by Crippen LogP contribution is 2.58. The van der Waals surface area contributed by atoms with Crippen LogP contribution in [0.5, 0.6) is 0 Å². The third-order valence-electron chi connectivity index (χ3n) is 12.9. The fraction of sp³-hybridized carbons (Fsp3) is 0.0690. The standard InChI is InChI=1S/C58H43N/c1-57(2)53-30-15-12-29-50(53)52-39-47(38-51(56(52)57)42-21-8-4-9-22-42)59(45-35-33-41(34-36-45)40-19-6-3-7-20-40)46-26-18-25-44(37-46)58(43-23-10-5-11-24-43)54-31-16-13-27-48(54)49-28-14-17-32-55(49)58/h3-39H,1-2H3. The Kier molecular flexibility index (Phi) is 8.13. The molecule has 1 heteroatoms. The lowest BCUT2D eigenvalue weighted by atomic mass is 9.67. The van der Waals surface area contributed by atoms with Gasteiger partial charge in [-0.2, -0.15) is 0 Å². The van der Waals surface area contributed by atoms with E-state index in [0.717, 1.165) is 17.1 Å². The first-order valence-corrected chi connectivity index (χ1v) is 20.7. The number of benzene rings is 9. The van der Waals surface area contributed by atoms with Crippen LogP contribution in [0.2, 0.25) is 0 Å². The van der Waals surface area contributed by atoms with E-state index in [1.54, 1.807) is 0 Å². The van der Waals surface area contributed by atoms with E-state index >= 15 is 0 Å². The Morgan fingerprint density at radius 3 is 1.41 bits per heavy atom. The van der Waals surface area contributed by atoms with Crippen molar-refractivity contribution in [2.75, 3.05) is 4.90 Å². The summed E-state index contributed by atoms with van der Waals surface area (Å²) >= 11 is 0. The normalized spacial score (nSPS) is 13.9. The number of rotatable bonds is 7. The molecule has 9 aromatic rings. The Balaban J connectivity index is 1.18. The molecule has 0 fully saturated rings. The predicted octanol–water partition coefficient (Wildman–Crippen LogP) is 15.2. The van der Waals surface area contributed by atoms with Crippen LogP contribution in [0.1, 0.15) is 47.2 Å². The zero-order valence-corrected chi connectivity index (χ0v) is 33.3. The summed E-state index contributed by atoms with van der Waals surface area (Å²) in [5, 5.41) is 0. The van der Waals surface area contributed by atoms with Gasteiger partial charge in [-0.15, -0.1) is 0 Å². The van der Waals surface area contributed by atoms with Crippen molar-refractivity contribution in [1.82, 2.24) is 0 Å². The van der Waals surface area contributed by atoms with Crippen molar-refractivity contribution in [3.63, 3.8) is 0 Å². The quantitative estimate of drug-likeness (QED) is 0.157. The van der Waals surface area contributed by atoms with Crippen molar-refractivity contribution >= 4 is 17.1 Å². The van der Waals surface area contributed by atoms with Crippen LogP contribution in [-0.2, 0) is 10.8 Å². The first-order valence-electron chi connectivity index (χ1n) is 20.7. The zero-order chi connectivity index (χ0) is 39.6. The first kappa shape index (κ1) is 35.0. The highest BCUT2D eigenvalue weighted by molar-refractivity contribution is 5.94. The van der Waals surface area contributed by atoms with Crippen molar-refractivity contribution in [3.05, 3.63) is 258 Å². The Morgan fingerprint density at radius 2 is 0.780 bits per heavy atom. The lowest BCUT2D eigenvalue weighted by Gasteiger charge is -2.35. The molecule has 59 heavy (non-hydrogen) atoms. The van der Waals surface area contributed by atoms with Crippen LogP contribution in [0.15, 0.2) is 224 Å². The van der Waals surface area contributed by atoms with Crippen molar-refractivity contribution in [3.8, 4) is 44.5 Å². The Labute approximate surface area is 347 Å². The number of anilines is 3. The minimum atomic E-state index is -0.511. The first-order chi connectivity index (χ1) is 29.0. The molecule has 0 N–H and O–H groups in total. The van der Waals surface area contributed by atoms with E-state index in [-0.39, 0.29) is 5.41 Å². The van der Waals surface area contributed by atoms with Crippen molar-refractivity contribution < 1.29 is 0 Å². The SMILES string of the molecule is CC1(C)c2ccccc2-c2cc(N(c3ccc(-c4ccccc4)cc3)c3cccc(C4(c5ccccc5)c5ccccc5-c5ccccc54)c3)cc(-c3ccccc3)c21. The van der Waals surface area contributed by atoms with E-state index in [1.807, 2.05) is 0 Å². The van der Waals surface area contributed by atoms with Gasteiger partial charge >= 0.3 is 0 Å². The van der Waals surface area contributed by atoms with Crippen LogP contribution in [0.3, 0.4) is 0 Å². The highest BCUT2D eigenvalue weighted by Gasteiger charge is 2.46. The van der Waals surface area contributed by atoms with E-state index in [9.17, 15) is 0 Å². The van der Waals surface area contributed by atoms with Crippen molar-refractivity contribution in [1.29, 1.82) is 0 Å². The van der Waals surface area contributed by atoms with Gasteiger partial charge in [-0.25, -0.2) is 0 Å². The second-order valence-corrected chi connectivity index (χ2v) is 16.5. The van der Waals surface area contributed by atoms with Crippen molar-refractivity contribution in [2.24, 2.45) is 0 Å². The molecule has 0 radical (unpaired) electrons. The van der Waals surface area contributed by atoms with Crippen LogP contribution in [0.4, 0.5) is 17.1 Å².